The van der Waals surface area contributed by atoms with Crippen LogP contribution in [0.15, 0.2) is 24.5 Å². The highest BCUT2D eigenvalue weighted by molar-refractivity contribution is 5.90. The van der Waals surface area contributed by atoms with Gasteiger partial charge in [-0.2, -0.15) is 0 Å². The van der Waals surface area contributed by atoms with Gasteiger partial charge in [-0.1, -0.05) is 20.8 Å². The monoisotopic (exact) mass is 246 g/mol. The van der Waals surface area contributed by atoms with Gasteiger partial charge in [-0.25, -0.2) is 9.78 Å². The van der Waals surface area contributed by atoms with Gasteiger partial charge in [-0.05, 0) is 19.1 Å². The van der Waals surface area contributed by atoms with Gasteiger partial charge in [0.25, 0.3) is 0 Å². The quantitative estimate of drug-likeness (QED) is 0.765. The molecule has 0 unspecified atom stereocenters. The predicted octanol–water partition coefficient (Wildman–Crippen LogP) is 2.81. The van der Waals surface area contributed by atoms with Gasteiger partial charge in [0.15, 0.2) is 0 Å². The predicted molar refractivity (Wildman–Crippen MR) is 69.8 cm³/mol. The van der Waals surface area contributed by atoms with E-state index in [0.717, 1.165) is 11.3 Å². The van der Waals surface area contributed by atoms with Crippen molar-refractivity contribution in [2.45, 2.75) is 33.1 Å². The van der Waals surface area contributed by atoms with E-state index >= 15 is 0 Å². The lowest BCUT2D eigenvalue weighted by Gasteiger charge is -2.13. The van der Waals surface area contributed by atoms with E-state index in [0.29, 0.717) is 12.2 Å². The first kappa shape index (κ1) is 12.6. The summed E-state index contributed by atoms with van der Waals surface area (Å²) in [4.78, 5) is 16.2. The van der Waals surface area contributed by atoms with E-state index in [4.69, 9.17) is 4.74 Å². The molecule has 0 saturated carbocycles. The van der Waals surface area contributed by atoms with Gasteiger partial charge in [0, 0.05) is 17.8 Å². The molecule has 0 spiro atoms. The topological polar surface area (TPSA) is 43.6 Å². The van der Waals surface area contributed by atoms with Crippen LogP contribution in [0.25, 0.3) is 5.65 Å². The molecule has 0 fully saturated rings. The normalized spacial score (nSPS) is 11.8. The maximum atomic E-state index is 11.6. The number of imidazole rings is 1. The number of esters is 1. The minimum atomic E-state index is -0.305. The first-order valence-electron chi connectivity index (χ1n) is 6.08. The number of pyridine rings is 1. The highest BCUT2D eigenvalue weighted by Crippen LogP contribution is 2.21. The average Bonchev–Trinajstić information content (AvgIpc) is 2.71. The van der Waals surface area contributed by atoms with Gasteiger partial charge < -0.3 is 9.14 Å². The number of aromatic nitrogens is 2. The number of fused-ring (bicyclic) bond motifs is 1. The lowest BCUT2D eigenvalue weighted by molar-refractivity contribution is 0.0526. The molecule has 2 rings (SSSR count). The summed E-state index contributed by atoms with van der Waals surface area (Å²) >= 11 is 0. The van der Waals surface area contributed by atoms with Crippen LogP contribution in [0.2, 0.25) is 0 Å². The zero-order chi connectivity index (χ0) is 13.3. The third-order valence-corrected chi connectivity index (χ3v) is 2.74. The van der Waals surface area contributed by atoms with Gasteiger partial charge in [0.1, 0.15) is 5.65 Å². The molecule has 0 N–H and O–H groups in total. The molecule has 0 aliphatic carbocycles. The summed E-state index contributed by atoms with van der Waals surface area (Å²) in [5.41, 5.74) is 2.31. The van der Waals surface area contributed by atoms with Crippen LogP contribution < -0.4 is 0 Å². The molecule has 0 aromatic carbocycles. The summed E-state index contributed by atoms with van der Waals surface area (Å²) in [6.45, 7) is 8.51. The smallest absolute Gasteiger partial charge is 0.338 e. The SMILES string of the molecule is CCOC(=O)c1ccn2cc(C(C)(C)C)nc2c1. The summed E-state index contributed by atoms with van der Waals surface area (Å²) in [5.74, 6) is -0.305. The molecule has 0 saturated heterocycles. The van der Waals surface area contributed by atoms with Crippen molar-refractivity contribution in [3.63, 3.8) is 0 Å². The van der Waals surface area contributed by atoms with Crippen molar-refractivity contribution in [3.8, 4) is 0 Å². The van der Waals surface area contributed by atoms with Crippen molar-refractivity contribution in [2.75, 3.05) is 6.61 Å². The van der Waals surface area contributed by atoms with Crippen molar-refractivity contribution in [1.82, 2.24) is 9.38 Å². The van der Waals surface area contributed by atoms with E-state index < -0.39 is 0 Å². The fourth-order valence-electron chi connectivity index (χ4n) is 1.68. The van der Waals surface area contributed by atoms with E-state index in [9.17, 15) is 4.79 Å². The van der Waals surface area contributed by atoms with Crippen LogP contribution in [0, 0.1) is 0 Å². The van der Waals surface area contributed by atoms with Gasteiger partial charge >= 0.3 is 5.97 Å². The Kier molecular flexibility index (Phi) is 3.11. The molecule has 2 aromatic heterocycles. The van der Waals surface area contributed by atoms with Gasteiger partial charge in [0.2, 0.25) is 0 Å². The maximum absolute atomic E-state index is 11.6. The third-order valence-electron chi connectivity index (χ3n) is 2.74. The molecule has 0 bridgehead atoms. The van der Waals surface area contributed by atoms with Crippen LogP contribution >= 0.6 is 0 Å². The highest BCUT2D eigenvalue weighted by atomic mass is 16.5. The summed E-state index contributed by atoms with van der Waals surface area (Å²) < 4.78 is 6.89. The van der Waals surface area contributed by atoms with Crippen LogP contribution in [0.1, 0.15) is 43.7 Å². The number of ether oxygens (including phenoxy) is 1. The number of hydrogen-bond acceptors (Lipinski definition) is 3. The van der Waals surface area contributed by atoms with Crippen LogP contribution in [0.3, 0.4) is 0 Å². The zero-order valence-electron chi connectivity index (χ0n) is 11.2. The number of carbonyl (C=O) groups excluding carboxylic acids is 1. The molecular formula is C14H18N2O2. The van der Waals surface area contributed by atoms with Crippen molar-refractivity contribution >= 4 is 11.6 Å². The molecule has 2 aromatic rings. The minimum absolute atomic E-state index is 0.00386. The van der Waals surface area contributed by atoms with E-state index in [1.807, 2.05) is 16.8 Å². The second kappa shape index (κ2) is 4.44. The van der Waals surface area contributed by atoms with E-state index in [2.05, 4.69) is 25.8 Å². The Bertz CT molecular complexity index is 579. The highest BCUT2D eigenvalue weighted by Gasteiger charge is 2.18. The average molecular weight is 246 g/mol. The molecule has 4 heteroatoms. The molecule has 0 amide bonds. The summed E-state index contributed by atoms with van der Waals surface area (Å²) in [7, 11) is 0. The number of hydrogen-bond donors (Lipinski definition) is 0. The van der Waals surface area contributed by atoms with Crippen molar-refractivity contribution in [1.29, 1.82) is 0 Å². The standard InChI is InChI=1S/C14H18N2O2/c1-5-18-13(17)10-6-7-16-9-11(14(2,3)4)15-12(16)8-10/h6-9H,5H2,1-4H3. The van der Waals surface area contributed by atoms with Crippen LogP contribution in [-0.4, -0.2) is 22.0 Å². The van der Waals surface area contributed by atoms with Crippen LogP contribution in [-0.2, 0) is 10.2 Å². The van der Waals surface area contributed by atoms with Gasteiger partial charge in [-0.15, -0.1) is 0 Å². The summed E-state index contributed by atoms with van der Waals surface area (Å²) in [6, 6.07) is 3.51. The molecule has 0 radical (unpaired) electrons. The Balaban J connectivity index is 2.43. The van der Waals surface area contributed by atoms with E-state index in [1.54, 1.807) is 19.1 Å². The zero-order valence-corrected chi connectivity index (χ0v) is 11.2. The lowest BCUT2D eigenvalue weighted by Crippen LogP contribution is -2.11. The molecular weight excluding hydrogens is 228 g/mol. The summed E-state index contributed by atoms with van der Waals surface area (Å²) in [6.07, 6.45) is 3.83. The number of rotatable bonds is 2. The van der Waals surface area contributed by atoms with E-state index in [1.165, 1.54) is 0 Å². The Morgan fingerprint density at radius 1 is 1.44 bits per heavy atom. The second-order valence-corrected chi connectivity index (χ2v) is 5.28. The fourth-order valence-corrected chi connectivity index (χ4v) is 1.68. The first-order chi connectivity index (χ1) is 8.41. The van der Waals surface area contributed by atoms with E-state index in [-0.39, 0.29) is 11.4 Å². The molecule has 0 aliphatic rings. The molecule has 0 aliphatic heterocycles. The third kappa shape index (κ3) is 2.37. The molecule has 96 valence electrons. The van der Waals surface area contributed by atoms with Gasteiger partial charge in [0.05, 0.1) is 17.9 Å². The Labute approximate surface area is 107 Å². The van der Waals surface area contributed by atoms with Crippen LogP contribution in [0.4, 0.5) is 0 Å². The van der Waals surface area contributed by atoms with Crippen molar-refractivity contribution in [2.24, 2.45) is 0 Å². The molecule has 18 heavy (non-hydrogen) atoms. The van der Waals surface area contributed by atoms with Crippen molar-refractivity contribution in [3.05, 3.63) is 35.8 Å². The Morgan fingerprint density at radius 2 is 2.17 bits per heavy atom. The minimum Gasteiger partial charge on any atom is -0.462 e. The van der Waals surface area contributed by atoms with Crippen molar-refractivity contribution < 1.29 is 9.53 Å². The summed E-state index contributed by atoms with van der Waals surface area (Å²) in [5, 5.41) is 0. The first-order valence-corrected chi connectivity index (χ1v) is 6.08. The molecule has 4 nitrogen and oxygen atoms in total. The Morgan fingerprint density at radius 3 is 2.78 bits per heavy atom. The molecule has 2 heterocycles. The lowest BCUT2D eigenvalue weighted by atomic mass is 9.93. The second-order valence-electron chi connectivity index (χ2n) is 5.28. The molecule has 0 atom stereocenters. The Hall–Kier alpha value is -1.84. The number of carbonyl (C=O) groups is 1. The van der Waals surface area contributed by atoms with Gasteiger partial charge in [-0.3, -0.25) is 0 Å². The largest absolute Gasteiger partial charge is 0.462 e. The maximum Gasteiger partial charge on any atom is 0.338 e. The van der Waals surface area contributed by atoms with Crippen LogP contribution in [0.5, 0.6) is 0 Å². The fraction of sp³-hybridized carbons (Fsp3) is 0.429. The number of nitrogens with zero attached hydrogens (tertiary/aromatic N) is 2.